The van der Waals surface area contributed by atoms with Gasteiger partial charge in [-0.2, -0.15) is 0 Å². The van der Waals surface area contributed by atoms with Crippen molar-refractivity contribution >= 4 is 70.7 Å². The summed E-state index contributed by atoms with van der Waals surface area (Å²) in [7, 11) is 5.34. The Hall–Kier alpha value is -10.1. The van der Waals surface area contributed by atoms with Crippen molar-refractivity contribution < 1.29 is 72.0 Å². The van der Waals surface area contributed by atoms with Crippen LogP contribution in [0.15, 0.2) is 82.8 Å². The van der Waals surface area contributed by atoms with E-state index >= 15 is 0 Å². The number of carbonyl (C=O) groups is 10. The predicted octanol–water partition coefficient (Wildman–Crippen LogP) is 0.953. The number of aliphatic imine (C=N–C) groups is 2. The highest BCUT2D eigenvalue weighted by molar-refractivity contribution is 6.04. The molecule has 16 N–H and O–H groups in total. The zero-order valence-electron chi connectivity index (χ0n) is 48.0. The van der Waals surface area contributed by atoms with E-state index in [1.807, 2.05) is 0 Å². The van der Waals surface area contributed by atoms with Crippen molar-refractivity contribution in [2.24, 2.45) is 38.7 Å². The maximum absolute atomic E-state index is 14.4. The van der Waals surface area contributed by atoms with Gasteiger partial charge in [0.1, 0.15) is 35.3 Å². The third kappa shape index (κ3) is 22.0. The van der Waals surface area contributed by atoms with Gasteiger partial charge in [-0.1, -0.05) is 24.3 Å². The highest BCUT2D eigenvalue weighted by Crippen LogP contribution is 2.26. The maximum atomic E-state index is 14.4. The lowest BCUT2D eigenvalue weighted by molar-refractivity contribution is -0.136. The maximum Gasteiger partial charge on any atom is 0.322 e. The number of rotatable bonds is 36. The highest BCUT2D eigenvalue weighted by Gasteiger charge is 2.29. The molecule has 85 heavy (non-hydrogen) atoms. The molecule has 0 bridgehead atoms. The Bertz CT molecular complexity index is 3160. The van der Waals surface area contributed by atoms with Crippen LogP contribution in [0.4, 0.5) is 4.79 Å². The van der Waals surface area contributed by atoms with E-state index in [0.29, 0.717) is 22.3 Å². The molecule has 0 saturated carbocycles. The van der Waals surface area contributed by atoms with E-state index in [9.17, 15) is 47.9 Å². The second-order valence-corrected chi connectivity index (χ2v) is 19.4. The number of aliphatic carboxylic acids is 1. The van der Waals surface area contributed by atoms with Gasteiger partial charge in [0.2, 0.25) is 0 Å². The quantitative estimate of drug-likeness (QED) is 0.0172. The Labute approximate surface area is 490 Å². The summed E-state index contributed by atoms with van der Waals surface area (Å²) in [5, 5.41) is 22.1. The fourth-order valence-electron chi connectivity index (χ4n) is 8.86. The Morgan fingerprint density at radius 3 is 1.07 bits per heavy atom. The smallest absolute Gasteiger partial charge is 0.322 e. The molecule has 0 aliphatic rings. The van der Waals surface area contributed by atoms with Crippen molar-refractivity contribution in [3.63, 3.8) is 0 Å². The van der Waals surface area contributed by atoms with Gasteiger partial charge in [-0.05, 0) is 116 Å². The molecule has 456 valence electrons. The molecule has 6 amide bonds. The minimum atomic E-state index is -1.28. The van der Waals surface area contributed by atoms with E-state index in [2.05, 4.69) is 36.6 Å². The number of ether oxygens (including phenoxy) is 4. The SMILES string of the molecule is COc1ccc(CC(=O)[C@@H](CCCNC(N)=O)NC(=O)c2cc(CC(=O)[C@@H](CCCN=C(N)N)NC(=O)c3cc(CC(=O)[C@@H](CCCN=C(N)N)NC(=O)c4cc(CC(C)=O)ccc4OC)ccc3OC)ccc2OC)cc1C(=O)NCC(=O)O. The number of primary amides is 1. The lowest BCUT2D eigenvalue weighted by Crippen LogP contribution is -2.43. The number of nitrogens with two attached hydrogens (primary N) is 5. The fourth-order valence-corrected chi connectivity index (χ4v) is 8.86. The molecular weight excluding hydrogens is 1100 g/mol. The number of nitrogens with one attached hydrogen (secondary N) is 5. The van der Waals surface area contributed by atoms with Crippen molar-refractivity contribution in [1.82, 2.24) is 26.6 Å². The van der Waals surface area contributed by atoms with Gasteiger partial charge >= 0.3 is 12.0 Å². The molecule has 0 aliphatic heterocycles. The molecule has 27 nitrogen and oxygen atoms in total. The molecule has 0 unspecified atom stereocenters. The average Bonchev–Trinajstić information content (AvgIpc) is 3.67. The monoisotopic (exact) mass is 1180 g/mol. The molecule has 4 aromatic carbocycles. The first-order valence-corrected chi connectivity index (χ1v) is 26.8. The zero-order valence-corrected chi connectivity index (χ0v) is 48.0. The summed E-state index contributed by atoms with van der Waals surface area (Å²) in [6.07, 6.45) is -0.0256. The Kier molecular flexibility index (Phi) is 26.8. The van der Waals surface area contributed by atoms with Gasteiger partial charge in [-0.15, -0.1) is 0 Å². The molecule has 0 aromatic heterocycles. The van der Waals surface area contributed by atoms with Crippen molar-refractivity contribution in [1.29, 1.82) is 0 Å². The van der Waals surface area contributed by atoms with Crippen LogP contribution in [-0.2, 0) is 49.7 Å². The van der Waals surface area contributed by atoms with Crippen LogP contribution in [0, 0.1) is 0 Å². The van der Waals surface area contributed by atoms with Crippen molar-refractivity contribution in [3.8, 4) is 23.0 Å². The lowest BCUT2D eigenvalue weighted by atomic mass is 9.96. The zero-order chi connectivity index (χ0) is 62.8. The third-order valence-electron chi connectivity index (χ3n) is 13.0. The van der Waals surface area contributed by atoms with Crippen LogP contribution in [-0.4, -0.2) is 149 Å². The number of amides is 6. The summed E-state index contributed by atoms with van der Waals surface area (Å²) in [5.41, 5.74) is 28.9. The number of Topliss-reactive ketones (excluding diaryl/α,β-unsaturated/α-hetero) is 4. The molecular formula is C58H74N12O15. The van der Waals surface area contributed by atoms with E-state index in [1.54, 1.807) is 24.3 Å². The highest BCUT2D eigenvalue weighted by atomic mass is 16.5. The molecule has 0 aliphatic carbocycles. The molecule has 3 atom stereocenters. The molecule has 0 radical (unpaired) electrons. The second kappa shape index (κ2) is 33.7. The van der Waals surface area contributed by atoms with Gasteiger partial charge in [-0.25, -0.2) is 4.79 Å². The second-order valence-electron chi connectivity index (χ2n) is 19.4. The summed E-state index contributed by atoms with van der Waals surface area (Å²) < 4.78 is 21.8. The van der Waals surface area contributed by atoms with Crippen molar-refractivity contribution in [2.75, 3.05) is 54.6 Å². The molecule has 0 saturated heterocycles. The molecule has 0 spiro atoms. The number of carbonyl (C=O) groups excluding carboxylic acids is 9. The van der Waals surface area contributed by atoms with Crippen molar-refractivity contribution in [3.05, 3.63) is 117 Å². The summed E-state index contributed by atoms with van der Waals surface area (Å²) in [6, 6.07) is 13.6. The van der Waals surface area contributed by atoms with Gasteiger partial charge in [0.05, 0.1) is 68.8 Å². The average molecular weight is 1180 g/mol. The number of hydrogen-bond donors (Lipinski definition) is 11. The van der Waals surface area contributed by atoms with E-state index in [0.717, 1.165) is 0 Å². The number of hydrogen-bond acceptors (Lipinski definition) is 16. The Balaban J connectivity index is 1.62. The van der Waals surface area contributed by atoms with Gasteiger partial charge in [-0.3, -0.25) is 53.1 Å². The van der Waals surface area contributed by atoms with Gasteiger partial charge in [0.15, 0.2) is 29.3 Å². The lowest BCUT2D eigenvalue weighted by Gasteiger charge is -2.21. The minimum absolute atomic E-state index is 0.00934. The number of carboxylic acids is 1. The fraction of sp³-hybridized carbons (Fsp3) is 0.379. The van der Waals surface area contributed by atoms with Crippen LogP contribution in [0.25, 0.3) is 0 Å². The first-order valence-electron chi connectivity index (χ1n) is 26.8. The van der Waals surface area contributed by atoms with Crippen LogP contribution in [0.3, 0.4) is 0 Å². The first-order chi connectivity index (χ1) is 40.5. The number of guanidine groups is 2. The predicted molar refractivity (Wildman–Crippen MR) is 313 cm³/mol. The van der Waals surface area contributed by atoms with Gasteiger partial charge in [0, 0.05) is 45.3 Å². The summed E-state index contributed by atoms with van der Waals surface area (Å²) in [5.74, 6) is -5.67. The van der Waals surface area contributed by atoms with Crippen LogP contribution in [0.2, 0.25) is 0 Å². The van der Waals surface area contributed by atoms with Crippen LogP contribution in [0.5, 0.6) is 23.0 Å². The number of carboxylic acid groups (broad SMARTS) is 1. The van der Waals surface area contributed by atoms with E-state index < -0.39 is 77.6 Å². The number of urea groups is 1. The topological polar surface area (TPSA) is 443 Å². The van der Waals surface area contributed by atoms with Crippen LogP contribution < -0.4 is 74.2 Å². The van der Waals surface area contributed by atoms with E-state index in [-0.39, 0.29) is 147 Å². The third-order valence-corrected chi connectivity index (χ3v) is 13.0. The normalized spacial score (nSPS) is 11.7. The van der Waals surface area contributed by atoms with E-state index in [1.165, 1.54) is 83.9 Å². The summed E-state index contributed by atoms with van der Waals surface area (Å²) >= 11 is 0. The van der Waals surface area contributed by atoms with E-state index in [4.69, 9.17) is 52.7 Å². The first kappa shape index (κ1) is 67.4. The molecule has 27 heteroatoms. The van der Waals surface area contributed by atoms with Crippen LogP contribution in [0.1, 0.15) is 109 Å². The van der Waals surface area contributed by atoms with Crippen LogP contribution >= 0.6 is 0 Å². The Morgan fingerprint density at radius 1 is 0.459 bits per heavy atom. The molecule has 0 fully saturated rings. The molecule has 0 heterocycles. The van der Waals surface area contributed by atoms with Crippen molar-refractivity contribution in [2.45, 2.75) is 89.3 Å². The number of ketones is 4. The Morgan fingerprint density at radius 2 is 0.776 bits per heavy atom. The number of nitrogens with zero attached hydrogens (tertiary/aromatic N) is 2. The summed E-state index contributed by atoms with van der Waals surface area (Å²) in [4.78, 5) is 140. The molecule has 4 aromatic rings. The molecule has 4 rings (SSSR count). The standard InChI is InChI=1S/C58H74N12O15/c1-32(71)23-33-12-16-48(83-3)38(24-33)53(78)68-41(9-6-20-64-56(59)60)45(73)29-35-14-18-49(84-4)39(26-35)54(79)69-42(10-7-21-65-57(61)62)46(74)30-36-15-19-50(85-5)40(27-36)55(80)70-43(11-8-22-66-58(63)81)44(72)28-34-13-17-47(82-2)37(25-34)52(77)67-31-51(75)76/h12-19,24-27,41-43H,6-11,20-23,28-31H2,1-5H3,(H,67,77)(H,68,78)(H,69,79)(H,70,80)(H,75,76)(H4,59,60,64)(H4,61,62,65)(H3,63,66,81)/t41-,42-,43-/m1/s1. The largest absolute Gasteiger partial charge is 0.496 e. The number of benzene rings is 4. The van der Waals surface area contributed by atoms with Gasteiger partial charge < -0.3 is 79.3 Å². The summed E-state index contributed by atoms with van der Waals surface area (Å²) in [6.45, 7) is 1.04. The van der Waals surface area contributed by atoms with Gasteiger partial charge in [0.25, 0.3) is 23.6 Å². The minimum Gasteiger partial charge on any atom is -0.496 e. The number of methoxy groups -OCH3 is 4.